The van der Waals surface area contributed by atoms with Crippen LogP contribution in [0.15, 0.2) is 12.3 Å². The van der Waals surface area contributed by atoms with Gasteiger partial charge in [-0.2, -0.15) is 0 Å². The van der Waals surface area contributed by atoms with E-state index in [0.29, 0.717) is 11.0 Å². The van der Waals surface area contributed by atoms with E-state index in [9.17, 15) is 10.1 Å². The van der Waals surface area contributed by atoms with Crippen molar-refractivity contribution in [1.82, 2.24) is 4.98 Å². The van der Waals surface area contributed by atoms with E-state index >= 15 is 0 Å². The molecule has 1 fully saturated rings. The number of nitrogens with one attached hydrogen (secondary N) is 1. The second-order valence-electron chi connectivity index (χ2n) is 5.84. The maximum atomic E-state index is 10.7. The number of aromatic nitrogens is 1. The molecule has 1 aliphatic carbocycles. The first-order chi connectivity index (χ1) is 9.00. The van der Waals surface area contributed by atoms with Crippen molar-refractivity contribution in [1.29, 1.82) is 0 Å². The minimum absolute atomic E-state index is 0.0782. The monoisotopic (exact) mass is 263 g/mol. The Balaban J connectivity index is 2.00. The van der Waals surface area contributed by atoms with Crippen LogP contribution in [-0.4, -0.2) is 16.5 Å². The molecule has 5 nitrogen and oxygen atoms in total. The average molecular weight is 263 g/mol. The van der Waals surface area contributed by atoms with Crippen molar-refractivity contribution in [2.75, 3.05) is 11.9 Å². The van der Waals surface area contributed by atoms with Gasteiger partial charge in [0.15, 0.2) is 0 Å². The van der Waals surface area contributed by atoms with Gasteiger partial charge in [0.1, 0.15) is 12.0 Å². The molecule has 1 heterocycles. The topological polar surface area (TPSA) is 68.1 Å². The summed E-state index contributed by atoms with van der Waals surface area (Å²) in [4.78, 5) is 14.5. The van der Waals surface area contributed by atoms with Crippen molar-refractivity contribution in [3.05, 3.63) is 27.9 Å². The minimum Gasteiger partial charge on any atom is -0.370 e. The summed E-state index contributed by atoms with van der Waals surface area (Å²) in [6, 6.07) is 1.75. The molecule has 5 heteroatoms. The lowest BCUT2D eigenvalue weighted by Crippen LogP contribution is -2.29. The number of nitrogens with zero attached hydrogens (tertiary/aromatic N) is 2. The fourth-order valence-corrected chi connectivity index (χ4v) is 2.72. The molecule has 0 radical (unpaired) electrons. The van der Waals surface area contributed by atoms with E-state index in [-0.39, 0.29) is 5.69 Å². The molecule has 0 bridgehead atoms. The maximum Gasteiger partial charge on any atom is 0.290 e. The van der Waals surface area contributed by atoms with E-state index in [1.165, 1.54) is 38.3 Å². The molecule has 1 aliphatic rings. The minimum atomic E-state index is -0.394. The summed E-state index contributed by atoms with van der Waals surface area (Å²) in [5.74, 6) is 0.731. The first kappa shape index (κ1) is 13.8. The molecule has 1 aromatic heterocycles. The molecule has 0 amide bonds. The van der Waals surface area contributed by atoms with E-state index in [1.807, 2.05) is 0 Å². The molecule has 1 aromatic rings. The summed E-state index contributed by atoms with van der Waals surface area (Å²) in [7, 11) is 0. The number of hydrogen-bond donors (Lipinski definition) is 1. The van der Waals surface area contributed by atoms with Gasteiger partial charge in [0, 0.05) is 12.1 Å². The number of pyridine rings is 1. The number of hydrogen-bond acceptors (Lipinski definition) is 4. The number of anilines is 1. The molecule has 0 saturated heterocycles. The van der Waals surface area contributed by atoms with Crippen LogP contribution in [0.3, 0.4) is 0 Å². The lowest BCUT2D eigenvalue weighted by molar-refractivity contribution is -0.385. The van der Waals surface area contributed by atoms with E-state index < -0.39 is 4.92 Å². The number of aryl methyl sites for hydroxylation is 1. The Kier molecular flexibility index (Phi) is 4.02. The van der Waals surface area contributed by atoms with Crippen molar-refractivity contribution >= 4 is 11.5 Å². The Morgan fingerprint density at radius 3 is 2.68 bits per heavy atom. The predicted molar refractivity (Wildman–Crippen MR) is 75.3 cm³/mol. The van der Waals surface area contributed by atoms with E-state index in [1.54, 1.807) is 13.0 Å². The zero-order valence-corrected chi connectivity index (χ0v) is 11.6. The molecule has 1 saturated carbocycles. The third-order valence-electron chi connectivity index (χ3n) is 4.04. The van der Waals surface area contributed by atoms with Crippen molar-refractivity contribution in [3.8, 4) is 0 Å². The molecule has 0 unspecified atom stereocenters. The van der Waals surface area contributed by atoms with Gasteiger partial charge in [0.05, 0.1) is 4.92 Å². The largest absolute Gasteiger partial charge is 0.370 e. The van der Waals surface area contributed by atoms with Crippen LogP contribution in [0, 0.1) is 22.5 Å². The van der Waals surface area contributed by atoms with Crippen molar-refractivity contribution in [3.63, 3.8) is 0 Å². The summed E-state index contributed by atoms with van der Waals surface area (Å²) < 4.78 is 0. The fraction of sp³-hybridized carbons (Fsp3) is 0.643. The van der Waals surface area contributed by atoms with Crippen molar-refractivity contribution in [2.24, 2.45) is 5.41 Å². The fourth-order valence-electron chi connectivity index (χ4n) is 2.72. The van der Waals surface area contributed by atoms with Crippen LogP contribution in [0.2, 0.25) is 0 Å². The maximum absolute atomic E-state index is 10.7. The zero-order valence-electron chi connectivity index (χ0n) is 11.6. The molecule has 104 valence electrons. The summed E-state index contributed by atoms with van der Waals surface area (Å²) in [6.07, 6.45) is 7.75. The van der Waals surface area contributed by atoms with Crippen LogP contribution in [0.25, 0.3) is 0 Å². The van der Waals surface area contributed by atoms with Crippen LogP contribution in [-0.2, 0) is 0 Å². The van der Waals surface area contributed by atoms with Gasteiger partial charge in [0.25, 0.3) is 5.69 Å². The molecule has 0 atom stereocenters. The van der Waals surface area contributed by atoms with Gasteiger partial charge in [-0.1, -0.05) is 26.2 Å². The van der Waals surface area contributed by atoms with Crippen LogP contribution >= 0.6 is 0 Å². The summed E-state index contributed by atoms with van der Waals surface area (Å²) in [6.45, 7) is 4.93. The van der Waals surface area contributed by atoms with Crippen LogP contribution in [0.4, 0.5) is 11.5 Å². The van der Waals surface area contributed by atoms with Gasteiger partial charge in [-0.25, -0.2) is 4.98 Å². The highest BCUT2D eigenvalue weighted by atomic mass is 16.6. The second-order valence-corrected chi connectivity index (χ2v) is 5.84. The summed E-state index contributed by atoms with van der Waals surface area (Å²) >= 11 is 0. The van der Waals surface area contributed by atoms with Crippen LogP contribution in [0.1, 0.15) is 44.6 Å². The second kappa shape index (κ2) is 5.55. The van der Waals surface area contributed by atoms with E-state index in [0.717, 1.165) is 12.4 Å². The standard InChI is InChI=1S/C14H21N3O2/c1-11-8-13(15-9-12(11)17(18)19)16-10-14(2)6-4-3-5-7-14/h8-9H,3-7,10H2,1-2H3,(H,15,16). The molecule has 2 rings (SSSR count). The lowest BCUT2D eigenvalue weighted by atomic mass is 9.76. The van der Waals surface area contributed by atoms with Gasteiger partial charge in [-0.3, -0.25) is 10.1 Å². The number of rotatable bonds is 4. The van der Waals surface area contributed by atoms with Crippen LogP contribution in [0.5, 0.6) is 0 Å². The van der Waals surface area contributed by atoms with Gasteiger partial charge >= 0.3 is 0 Å². The first-order valence-electron chi connectivity index (χ1n) is 6.85. The first-order valence-corrected chi connectivity index (χ1v) is 6.85. The van der Waals surface area contributed by atoms with Gasteiger partial charge in [-0.05, 0) is 31.2 Å². The van der Waals surface area contributed by atoms with E-state index in [4.69, 9.17) is 0 Å². The molecule has 19 heavy (non-hydrogen) atoms. The summed E-state index contributed by atoms with van der Waals surface area (Å²) in [5, 5.41) is 14.1. The van der Waals surface area contributed by atoms with Gasteiger partial charge in [-0.15, -0.1) is 0 Å². The SMILES string of the molecule is Cc1cc(NCC2(C)CCCCC2)ncc1[N+](=O)[O-]. The third kappa shape index (κ3) is 3.43. The Hall–Kier alpha value is -1.65. The van der Waals surface area contributed by atoms with Crippen molar-refractivity contribution < 1.29 is 4.92 Å². The van der Waals surface area contributed by atoms with E-state index in [2.05, 4.69) is 17.2 Å². The molecule has 1 N–H and O–H groups in total. The highest BCUT2D eigenvalue weighted by molar-refractivity contribution is 5.46. The van der Waals surface area contributed by atoms with Gasteiger partial charge < -0.3 is 5.32 Å². The Morgan fingerprint density at radius 1 is 1.42 bits per heavy atom. The smallest absolute Gasteiger partial charge is 0.290 e. The van der Waals surface area contributed by atoms with Crippen molar-refractivity contribution in [2.45, 2.75) is 46.0 Å². The van der Waals surface area contributed by atoms with Gasteiger partial charge in [0.2, 0.25) is 0 Å². The Morgan fingerprint density at radius 2 is 2.11 bits per heavy atom. The Labute approximate surface area is 113 Å². The highest BCUT2D eigenvalue weighted by Crippen LogP contribution is 2.35. The average Bonchev–Trinajstić information content (AvgIpc) is 2.37. The normalized spacial score (nSPS) is 18.0. The molecular formula is C14H21N3O2. The Bertz CT molecular complexity index is 468. The lowest BCUT2D eigenvalue weighted by Gasteiger charge is -2.33. The molecular weight excluding hydrogens is 242 g/mol. The predicted octanol–water partition coefficient (Wildman–Crippen LogP) is 3.68. The highest BCUT2D eigenvalue weighted by Gasteiger charge is 2.26. The molecule has 0 spiro atoms. The van der Waals surface area contributed by atoms with Crippen LogP contribution < -0.4 is 5.32 Å². The third-order valence-corrected chi connectivity index (χ3v) is 4.04. The quantitative estimate of drug-likeness (QED) is 0.664. The number of nitro groups is 1. The molecule has 0 aromatic carbocycles. The zero-order chi connectivity index (χ0) is 13.9. The molecule has 0 aliphatic heterocycles. The summed E-state index contributed by atoms with van der Waals surface area (Å²) in [5.41, 5.74) is 1.06.